The highest BCUT2D eigenvalue weighted by molar-refractivity contribution is 6.32. The Bertz CT molecular complexity index is 1490. The summed E-state index contributed by atoms with van der Waals surface area (Å²) in [6.07, 6.45) is 1.52. The summed E-state index contributed by atoms with van der Waals surface area (Å²) >= 11 is 0. The van der Waals surface area contributed by atoms with Crippen molar-refractivity contribution in [2.24, 2.45) is 0 Å². The lowest BCUT2D eigenvalue weighted by molar-refractivity contribution is -0.118. The quantitative estimate of drug-likeness (QED) is 0.313. The van der Waals surface area contributed by atoms with Crippen molar-refractivity contribution in [1.82, 2.24) is 5.43 Å². The van der Waals surface area contributed by atoms with Crippen LogP contribution in [0.15, 0.2) is 96.6 Å². The lowest BCUT2D eigenvalue weighted by Gasteiger charge is -2.14. The van der Waals surface area contributed by atoms with Gasteiger partial charge in [-0.15, -0.1) is 0 Å². The Hall–Kier alpha value is -4.91. The number of hydrogen-bond acceptors (Lipinski definition) is 4. The average molecular weight is 478 g/mol. The standard InChI is InChI=1S/C29H23N3O4/c1-19-11-14-21(15-12-19)30-27(33)18-36-26-16-13-20-7-5-6-10-23(20)24(26)17-25-28(34)31-32(29(25)35)22-8-3-2-4-9-22/h2-17H,18H2,1H3,(H,30,33)(H,31,34)/b25-17-. The van der Waals surface area contributed by atoms with Crippen LogP contribution in [0, 0.1) is 6.92 Å². The van der Waals surface area contributed by atoms with Crippen molar-refractivity contribution in [1.29, 1.82) is 0 Å². The summed E-state index contributed by atoms with van der Waals surface area (Å²) in [4.78, 5) is 38.4. The molecule has 0 spiro atoms. The van der Waals surface area contributed by atoms with Crippen molar-refractivity contribution in [3.05, 3.63) is 108 Å². The summed E-state index contributed by atoms with van der Waals surface area (Å²) < 4.78 is 5.88. The number of benzene rings is 4. The van der Waals surface area contributed by atoms with Gasteiger partial charge in [-0.1, -0.05) is 66.2 Å². The SMILES string of the molecule is Cc1ccc(NC(=O)COc2ccc3ccccc3c2/C=C2/C(=O)NN(c3ccccc3)C2=O)cc1. The van der Waals surface area contributed by atoms with Gasteiger partial charge in [0.05, 0.1) is 5.69 Å². The predicted octanol–water partition coefficient (Wildman–Crippen LogP) is 4.63. The van der Waals surface area contributed by atoms with Crippen LogP contribution < -0.4 is 20.5 Å². The molecule has 0 saturated carbocycles. The van der Waals surface area contributed by atoms with Gasteiger partial charge in [-0.3, -0.25) is 19.8 Å². The Morgan fingerprint density at radius 2 is 1.64 bits per heavy atom. The molecule has 1 fully saturated rings. The van der Waals surface area contributed by atoms with Crippen LogP contribution >= 0.6 is 0 Å². The average Bonchev–Trinajstić information content (AvgIpc) is 3.18. The molecule has 4 aromatic rings. The molecule has 0 radical (unpaired) electrons. The molecule has 0 unspecified atom stereocenters. The van der Waals surface area contributed by atoms with Gasteiger partial charge in [-0.05, 0) is 54.1 Å². The first kappa shape index (κ1) is 22.9. The molecule has 1 aliphatic heterocycles. The number of ether oxygens (including phenoxy) is 1. The Morgan fingerprint density at radius 1 is 0.917 bits per heavy atom. The number of hydrogen-bond donors (Lipinski definition) is 2. The maximum Gasteiger partial charge on any atom is 0.282 e. The van der Waals surface area contributed by atoms with Gasteiger partial charge in [-0.25, -0.2) is 5.01 Å². The first-order valence-electron chi connectivity index (χ1n) is 11.4. The number of fused-ring (bicyclic) bond motifs is 1. The van der Waals surface area contributed by atoms with Gasteiger partial charge in [0.1, 0.15) is 11.3 Å². The first-order valence-corrected chi connectivity index (χ1v) is 11.4. The number of carbonyl (C=O) groups excluding carboxylic acids is 3. The van der Waals surface area contributed by atoms with Crippen molar-refractivity contribution in [2.45, 2.75) is 6.92 Å². The number of anilines is 2. The maximum atomic E-state index is 13.1. The summed E-state index contributed by atoms with van der Waals surface area (Å²) in [5.41, 5.74) is 5.45. The van der Waals surface area contributed by atoms with E-state index in [-0.39, 0.29) is 18.1 Å². The molecular weight excluding hydrogens is 454 g/mol. The molecule has 178 valence electrons. The highest BCUT2D eigenvalue weighted by Crippen LogP contribution is 2.32. The monoisotopic (exact) mass is 477 g/mol. The molecule has 7 nitrogen and oxygen atoms in total. The van der Waals surface area contributed by atoms with Gasteiger partial charge >= 0.3 is 0 Å². The molecule has 0 aromatic heterocycles. The minimum absolute atomic E-state index is 0.0239. The molecule has 2 N–H and O–H groups in total. The number of aryl methyl sites for hydroxylation is 1. The van der Waals surface area contributed by atoms with E-state index in [0.717, 1.165) is 16.3 Å². The number of nitrogens with zero attached hydrogens (tertiary/aromatic N) is 1. The van der Waals surface area contributed by atoms with E-state index in [1.165, 1.54) is 11.1 Å². The smallest absolute Gasteiger partial charge is 0.282 e. The second kappa shape index (κ2) is 9.76. The third-order valence-electron chi connectivity index (χ3n) is 5.82. The number of carbonyl (C=O) groups is 3. The molecule has 5 rings (SSSR count). The molecule has 7 heteroatoms. The minimum atomic E-state index is -0.514. The van der Waals surface area contributed by atoms with Crippen LogP contribution in [0.5, 0.6) is 5.75 Å². The van der Waals surface area contributed by atoms with E-state index >= 15 is 0 Å². The Balaban J connectivity index is 1.44. The van der Waals surface area contributed by atoms with Gasteiger partial charge in [0.15, 0.2) is 6.61 Å². The summed E-state index contributed by atoms with van der Waals surface area (Å²) in [6.45, 7) is 1.73. The van der Waals surface area contributed by atoms with Crippen molar-refractivity contribution in [2.75, 3.05) is 16.9 Å². The van der Waals surface area contributed by atoms with Crippen molar-refractivity contribution in [3.8, 4) is 5.75 Å². The van der Waals surface area contributed by atoms with E-state index in [1.807, 2.05) is 67.6 Å². The summed E-state index contributed by atoms with van der Waals surface area (Å²) in [5, 5.41) is 5.72. The molecule has 0 aliphatic carbocycles. The normalized spacial score (nSPS) is 14.2. The lowest BCUT2D eigenvalue weighted by atomic mass is 10.0. The highest BCUT2D eigenvalue weighted by Gasteiger charge is 2.34. The van der Waals surface area contributed by atoms with Gasteiger partial charge in [0, 0.05) is 11.3 Å². The van der Waals surface area contributed by atoms with Crippen LogP contribution in [-0.4, -0.2) is 24.3 Å². The summed E-state index contributed by atoms with van der Waals surface area (Å²) in [6, 6.07) is 27.5. The van der Waals surface area contributed by atoms with Gasteiger partial charge in [0.25, 0.3) is 17.7 Å². The van der Waals surface area contributed by atoms with Gasteiger partial charge in [0.2, 0.25) is 0 Å². The fourth-order valence-electron chi connectivity index (χ4n) is 3.99. The molecule has 1 heterocycles. The van der Waals surface area contributed by atoms with E-state index in [9.17, 15) is 14.4 Å². The third kappa shape index (κ3) is 4.67. The molecule has 4 aromatic carbocycles. The Kier molecular flexibility index (Phi) is 6.19. The van der Waals surface area contributed by atoms with E-state index in [0.29, 0.717) is 22.7 Å². The zero-order valence-electron chi connectivity index (χ0n) is 19.5. The lowest BCUT2D eigenvalue weighted by Crippen LogP contribution is -2.35. The first-order chi connectivity index (χ1) is 17.5. The second-order valence-electron chi connectivity index (χ2n) is 8.38. The Labute approximate surface area is 208 Å². The zero-order chi connectivity index (χ0) is 25.1. The molecule has 0 bridgehead atoms. The molecule has 3 amide bonds. The number of amides is 3. The molecule has 36 heavy (non-hydrogen) atoms. The number of hydrazine groups is 1. The predicted molar refractivity (Wildman–Crippen MR) is 139 cm³/mol. The van der Waals surface area contributed by atoms with Crippen molar-refractivity contribution < 1.29 is 19.1 Å². The molecule has 0 atom stereocenters. The topological polar surface area (TPSA) is 87.7 Å². The van der Waals surface area contributed by atoms with Crippen molar-refractivity contribution >= 4 is 45.9 Å². The summed E-state index contributed by atoms with van der Waals surface area (Å²) in [5.74, 6) is -0.920. The molecular formula is C29H23N3O4. The van der Waals surface area contributed by atoms with Crippen LogP contribution in [0.3, 0.4) is 0 Å². The van der Waals surface area contributed by atoms with Gasteiger partial charge in [-0.2, -0.15) is 0 Å². The number of nitrogens with one attached hydrogen (secondary N) is 2. The van der Waals surface area contributed by atoms with Crippen LogP contribution in [0.25, 0.3) is 16.8 Å². The third-order valence-corrected chi connectivity index (χ3v) is 5.82. The molecule has 1 aliphatic rings. The van der Waals surface area contributed by atoms with Crippen LogP contribution in [0.1, 0.15) is 11.1 Å². The van der Waals surface area contributed by atoms with Crippen LogP contribution in [0.4, 0.5) is 11.4 Å². The second-order valence-corrected chi connectivity index (χ2v) is 8.38. The zero-order valence-corrected chi connectivity index (χ0v) is 19.5. The largest absolute Gasteiger partial charge is 0.483 e. The maximum absolute atomic E-state index is 13.1. The summed E-state index contributed by atoms with van der Waals surface area (Å²) in [7, 11) is 0. The number of para-hydroxylation sites is 1. The van der Waals surface area contributed by atoms with Gasteiger partial charge < -0.3 is 10.1 Å². The van der Waals surface area contributed by atoms with Crippen molar-refractivity contribution in [3.63, 3.8) is 0 Å². The van der Waals surface area contributed by atoms with E-state index in [4.69, 9.17) is 4.74 Å². The number of rotatable bonds is 6. The van der Waals surface area contributed by atoms with Crippen LogP contribution in [-0.2, 0) is 14.4 Å². The fourth-order valence-corrected chi connectivity index (χ4v) is 3.99. The Morgan fingerprint density at radius 3 is 2.42 bits per heavy atom. The highest BCUT2D eigenvalue weighted by atomic mass is 16.5. The van der Waals surface area contributed by atoms with E-state index < -0.39 is 11.8 Å². The molecule has 1 saturated heterocycles. The van der Waals surface area contributed by atoms with E-state index in [2.05, 4.69) is 10.7 Å². The fraction of sp³-hybridized carbons (Fsp3) is 0.0690. The van der Waals surface area contributed by atoms with E-state index in [1.54, 1.807) is 30.3 Å². The minimum Gasteiger partial charge on any atom is -0.483 e. The van der Waals surface area contributed by atoms with Crippen LogP contribution in [0.2, 0.25) is 0 Å².